The lowest BCUT2D eigenvalue weighted by molar-refractivity contribution is -0.126. The Kier molecular flexibility index (Phi) is 7.94. The zero-order chi connectivity index (χ0) is 20.6. The number of nitrogens with zero attached hydrogens (tertiary/aromatic N) is 2. The summed E-state index contributed by atoms with van der Waals surface area (Å²) in [5, 5.41) is 6.04. The van der Waals surface area contributed by atoms with Crippen LogP contribution in [0.4, 0.5) is 4.79 Å². The van der Waals surface area contributed by atoms with E-state index < -0.39 is 0 Å². The maximum Gasteiger partial charge on any atom is 0.317 e. The Balaban J connectivity index is 1.50. The third kappa shape index (κ3) is 5.96. The lowest BCUT2D eigenvalue weighted by Crippen LogP contribution is -2.49. The first-order valence-corrected chi connectivity index (χ1v) is 10.8. The molecule has 162 valence electrons. The predicted molar refractivity (Wildman–Crippen MR) is 110 cm³/mol. The van der Waals surface area contributed by atoms with Crippen molar-refractivity contribution in [2.75, 3.05) is 52.5 Å². The van der Waals surface area contributed by atoms with Gasteiger partial charge in [-0.05, 0) is 38.3 Å². The van der Waals surface area contributed by atoms with Crippen LogP contribution in [0.2, 0.25) is 0 Å². The number of carbonyl (C=O) groups is 2. The van der Waals surface area contributed by atoms with Crippen LogP contribution < -0.4 is 10.6 Å². The van der Waals surface area contributed by atoms with E-state index in [0.29, 0.717) is 52.2 Å². The number of rotatable bonds is 7. The second-order valence-electron chi connectivity index (χ2n) is 7.85. The summed E-state index contributed by atoms with van der Waals surface area (Å²) in [6.45, 7) is 9.42. The molecule has 2 aliphatic rings. The summed E-state index contributed by atoms with van der Waals surface area (Å²) in [5.41, 5.74) is 0. The number of ether oxygens (including phenoxy) is 1. The number of urea groups is 1. The molecule has 1 atom stereocenters. The van der Waals surface area contributed by atoms with Gasteiger partial charge in [-0.15, -0.1) is 0 Å². The molecule has 2 N–H and O–H groups in total. The maximum absolute atomic E-state index is 12.7. The molecule has 0 spiro atoms. The van der Waals surface area contributed by atoms with Crippen molar-refractivity contribution < 1.29 is 18.7 Å². The summed E-state index contributed by atoms with van der Waals surface area (Å²) in [6.07, 6.45) is 2.37. The smallest absolute Gasteiger partial charge is 0.317 e. The Morgan fingerprint density at radius 2 is 1.86 bits per heavy atom. The van der Waals surface area contributed by atoms with Crippen molar-refractivity contribution in [2.24, 2.45) is 5.92 Å². The van der Waals surface area contributed by atoms with E-state index in [1.54, 1.807) is 0 Å². The van der Waals surface area contributed by atoms with Gasteiger partial charge >= 0.3 is 6.03 Å². The summed E-state index contributed by atoms with van der Waals surface area (Å²) in [4.78, 5) is 28.9. The molecular formula is C21H34N4O4. The predicted octanol–water partition coefficient (Wildman–Crippen LogP) is 1.91. The normalized spacial score (nSPS) is 19.7. The molecule has 1 unspecified atom stereocenters. The van der Waals surface area contributed by atoms with E-state index in [1.165, 1.54) is 0 Å². The molecule has 2 aliphatic heterocycles. The highest BCUT2D eigenvalue weighted by Crippen LogP contribution is 2.24. The summed E-state index contributed by atoms with van der Waals surface area (Å²) in [5.74, 6) is 1.87. The molecule has 29 heavy (non-hydrogen) atoms. The molecule has 3 rings (SSSR count). The van der Waals surface area contributed by atoms with Crippen molar-refractivity contribution >= 4 is 11.9 Å². The van der Waals surface area contributed by atoms with Gasteiger partial charge in [-0.3, -0.25) is 9.69 Å². The molecule has 1 aromatic heterocycles. The highest BCUT2D eigenvalue weighted by molar-refractivity contribution is 5.79. The second-order valence-corrected chi connectivity index (χ2v) is 7.85. The lowest BCUT2D eigenvalue weighted by atomic mass is 9.96. The molecule has 0 saturated carbocycles. The van der Waals surface area contributed by atoms with Crippen LogP contribution in [0.25, 0.3) is 0 Å². The van der Waals surface area contributed by atoms with Crippen LogP contribution in [-0.4, -0.2) is 74.2 Å². The third-order valence-corrected chi connectivity index (χ3v) is 5.72. The molecule has 0 radical (unpaired) electrons. The van der Waals surface area contributed by atoms with E-state index in [-0.39, 0.29) is 23.9 Å². The molecule has 2 fully saturated rings. The van der Waals surface area contributed by atoms with Crippen LogP contribution in [-0.2, 0) is 9.53 Å². The van der Waals surface area contributed by atoms with Crippen molar-refractivity contribution in [3.05, 3.63) is 23.7 Å². The van der Waals surface area contributed by atoms with Crippen LogP contribution in [0, 0.1) is 12.8 Å². The Hall–Kier alpha value is -2.06. The van der Waals surface area contributed by atoms with Gasteiger partial charge in [0.1, 0.15) is 11.5 Å². The van der Waals surface area contributed by atoms with Crippen LogP contribution in [0.3, 0.4) is 0 Å². The monoisotopic (exact) mass is 406 g/mol. The molecule has 3 amide bonds. The first-order chi connectivity index (χ1) is 14.1. The number of piperidine rings is 1. The van der Waals surface area contributed by atoms with Gasteiger partial charge in [0, 0.05) is 45.2 Å². The van der Waals surface area contributed by atoms with E-state index in [4.69, 9.17) is 9.15 Å². The minimum absolute atomic E-state index is 0.00564. The van der Waals surface area contributed by atoms with Crippen molar-refractivity contribution in [1.29, 1.82) is 0 Å². The minimum Gasteiger partial charge on any atom is -0.465 e. The average molecular weight is 407 g/mol. The van der Waals surface area contributed by atoms with Crippen LogP contribution in [0.15, 0.2) is 16.5 Å². The van der Waals surface area contributed by atoms with Crippen LogP contribution in [0.1, 0.15) is 43.7 Å². The molecule has 8 nitrogen and oxygen atoms in total. The Bertz CT molecular complexity index is 663. The van der Waals surface area contributed by atoms with Gasteiger partial charge in [-0.1, -0.05) is 6.92 Å². The van der Waals surface area contributed by atoms with Gasteiger partial charge in [0.2, 0.25) is 5.91 Å². The number of likely N-dealkylation sites (tertiary alicyclic amines) is 1. The standard InChI is InChI=1S/C21H34N4O4/c1-3-8-22-20(26)17-6-9-25(10-7-17)21(27)23-15-18(19-5-4-16(2)29-19)24-11-13-28-14-12-24/h4-5,17-18H,3,6-15H2,1-2H3,(H,22,26)(H,23,27). The van der Waals surface area contributed by atoms with E-state index in [2.05, 4.69) is 15.5 Å². The molecule has 2 saturated heterocycles. The van der Waals surface area contributed by atoms with Gasteiger partial charge in [-0.2, -0.15) is 0 Å². The van der Waals surface area contributed by atoms with E-state index in [9.17, 15) is 9.59 Å². The quantitative estimate of drug-likeness (QED) is 0.722. The Morgan fingerprint density at radius 3 is 2.48 bits per heavy atom. The fourth-order valence-corrected chi connectivity index (χ4v) is 3.96. The Morgan fingerprint density at radius 1 is 1.14 bits per heavy atom. The fourth-order valence-electron chi connectivity index (χ4n) is 3.96. The van der Waals surface area contributed by atoms with Gasteiger partial charge in [0.25, 0.3) is 0 Å². The largest absolute Gasteiger partial charge is 0.465 e. The van der Waals surface area contributed by atoms with Gasteiger partial charge in [0.05, 0.1) is 19.3 Å². The molecule has 0 aliphatic carbocycles. The lowest BCUT2D eigenvalue weighted by Gasteiger charge is -2.35. The van der Waals surface area contributed by atoms with Gasteiger partial charge in [-0.25, -0.2) is 4.79 Å². The summed E-state index contributed by atoms with van der Waals surface area (Å²) < 4.78 is 11.3. The first-order valence-electron chi connectivity index (χ1n) is 10.8. The number of hydrogen-bond acceptors (Lipinski definition) is 5. The number of nitrogens with one attached hydrogen (secondary N) is 2. The SMILES string of the molecule is CCCNC(=O)C1CCN(C(=O)NCC(c2ccc(C)o2)N2CCOCC2)CC1. The molecule has 3 heterocycles. The van der Waals surface area contributed by atoms with E-state index in [0.717, 1.165) is 31.0 Å². The van der Waals surface area contributed by atoms with E-state index in [1.807, 2.05) is 30.9 Å². The minimum atomic E-state index is -0.0704. The Labute approximate surface area is 172 Å². The fraction of sp³-hybridized carbons (Fsp3) is 0.714. The number of carbonyl (C=O) groups excluding carboxylic acids is 2. The van der Waals surface area contributed by atoms with Crippen molar-refractivity contribution in [3.8, 4) is 0 Å². The molecule has 8 heteroatoms. The van der Waals surface area contributed by atoms with Crippen LogP contribution >= 0.6 is 0 Å². The number of amides is 3. The van der Waals surface area contributed by atoms with Crippen molar-refractivity contribution in [3.63, 3.8) is 0 Å². The van der Waals surface area contributed by atoms with E-state index >= 15 is 0 Å². The highest BCUT2D eigenvalue weighted by atomic mass is 16.5. The molecular weight excluding hydrogens is 372 g/mol. The van der Waals surface area contributed by atoms with Gasteiger partial charge < -0.3 is 24.7 Å². The molecule has 1 aromatic rings. The number of aryl methyl sites for hydroxylation is 1. The highest BCUT2D eigenvalue weighted by Gasteiger charge is 2.29. The van der Waals surface area contributed by atoms with Crippen molar-refractivity contribution in [1.82, 2.24) is 20.4 Å². The first kappa shape index (κ1) is 21.6. The molecule has 0 bridgehead atoms. The second kappa shape index (κ2) is 10.6. The maximum atomic E-state index is 12.7. The zero-order valence-corrected chi connectivity index (χ0v) is 17.6. The number of morpholine rings is 1. The number of hydrogen-bond donors (Lipinski definition) is 2. The summed E-state index contributed by atoms with van der Waals surface area (Å²) >= 11 is 0. The molecule has 0 aromatic carbocycles. The summed E-state index contributed by atoms with van der Waals surface area (Å²) in [7, 11) is 0. The summed E-state index contributed by atoms with van der Waals surface area (Å²) in [6, 6.07) is 3.87. The van der Waals surface area contributed by atoms with Crippen molar-refractivity contribution in [2.45, 2.75) is 39.2 Å². The van der Waals surface area contributed by atoms with Crippen LogP contribution in [0.5, 0.6) is 0 Å². The van der Waals surface area contributed by atoms with Gasteiger partial charge in [0.15, 0.2) is 0 Å². The zero-order valence-electron chi connectivity index (χ0n) is 17.6. The topological polar surface area (TPSA) is 87.1 Å². The number of furan rings is 1. The third-order valence-electron chi connectivity index (χ3n) is 5.72. The average Bonchev–Trinajstić information content (AvgIpc) is 3.18.